The van der Waals surface area contributed by atoms with Crippen LogP contribution in [0.25, 0.3) is 11.2 Å². The molecule has 4 rings (SSSR count). The zero-order valence-corrected chi connectivity index (χ0v) is 24.5. The van der Waals surface area contributed by atoms with Crippen LogP contribution in [-0.4, -0.2) is 87.7 Å². The van der Waals surface area contributed by atoms with Crippen LogP contribution in [0, 0.1) is 0 Å². The van der Waals surface area contributed by atoms with Gasteiger partial charge in [0, 0.05) is 14.1 Å². The number of benzene rings is 1. The lowest BCUT2D eigenvalue weighted by Crippen LogP contribution is -2.48. The lowest BCUT2D eigenvalue weighted by molar-refractivity contribution is -0.144. The number of aliphatic hydroxyl groups excluding tert-OH is 1. The van der Waals surface area contributed by atoms with Crippen molar-refractivity contribution in [3.63, 3.8) is 0 Å². The number of imidazole rings is 1. The third kappa shape index (κ3) is 6.40. The molecule has 3 heterocycles. The number of nitrogens with two attached hydrogens (primary N) is 1. The van der Waals surface area contributed by atoms with Gasteiger partial charge in [-0.05, 0) is 26.0 Å². The number of aromatic nitrogens is 4. The van der Waals surface area contributed by atoms with Crippen LogP contribution >= 0.6 is 19.3 Å². The Morgan fingerprint density at radius 1 is 1.37 bits per heavy atom. The summed E-state index contributed by atoms with van der Waals surface area (Å²) in [5.41, 5.74) is 4.46. The van der Waals surface area contributed by atoms with Crippen LogP contribution < -0.4 is 20.2 Å². The molecular formula is C24H32ClFN7O7P. The van der Waals surface area contributed by atoms with Crippen molar-refractivity contribution in [2.75, 3.05) is 43.8 Å². The van der Waals surface area contributed by atoms with E-state index >= 15 is 4.39 Å². The average molecular weight is 616 g/mol. The number of carbonyl (C=O) groups excluding carboxylic acids is 1. The highest BCUT2D eigenvalue weighted by Crippen LogP contribution is 2.49. The standard InChI is InChI=1S/C24H32ClFN7O7P/c1-5-37-22(35)14(2)31-41(36,40-15-9-7-6-8-10-15)38-12-24(11-25)18(34)16(26)21(39-24)33-13-28-17-19(32(3)4)29-23(27)30-20(17)33/h6-10,13-14,16,18,21,34H,5,11-12H2,1-4H3,(H,31,36)(H2,27,29,30)/t14-,16+,18-,21+,24+,41-/m0/s1. The van der Waals surface area contributed by atoms with Crippen molar-refractivity contribution in [2.45, 2.75) is 44.0 Å². The molecule has 4 N–H and O–H groups in total. The number of esters is 1. The Kier molecular flexibility index (Phi) is 9.36. The highest BCUT2D eigenvalue weighted by Gasteiger charge is 2.57. The number of nitrogens with one attached hydrogen (secondary N) is 1. The Morgan fingerprint density at radius 2 is 2.07 bits per heavy atom. The first kappa shape index (κ1) is 30.9. The van der Waals surface area contributed by atoms with Gasteiger partial charge in [0.05, 0.1) is 25.4 Å². The summed E-state index contributed by atoms with van der Waals surface area (Å²) in [5, 5.41) is 13.5. The number of nitrogens with zero attached hydrogens (tertiary/aromatic N) is 5. The number of carbonyl (C=O) groups is 1. The number of nitrogen functional groups attached to an aromatic ring is 1. The zero-order valence-electron chi connectivity index (χ0n) is 22.8. The first-order valence-corrected chi connectivity index (χ1v) is 14.7. The molecule has 1 fully saturated rings. The van der Waals surface area contributed by atoms with Crippen molar-refractivity contribution in [1.29, 1.82) is 0 Å². The number of ether oxygens (including phenoxy) is 2. The molecule has 14 nitrogen and oxygen atoms in total. The largest absolute Gasteiger partial charge is 0.465 e. The van der Waals surface area contributed by atoms with Gasteiger partial charge in [-0.15, -0.1) is 11.6 Å². The van der Waals surface area contributed by atoms with Gasteiger partial charge in [-0.1, -0.05) is 18.2 Å². The third-order valence-electron chi connectivity index (χ3n) is 6.25. The number of alkyl halides is 2. The monoisotopic (exact) mass is 615 g/mol. The van der Waals surface area contributed by atoms with Crippen LogP contribution in [0.15, 0.2) is 36.7 Å². The normalized spacial score (nSPS) is 24.6. The number of rotatable bonds is 12. The predicted octanol–water partition coefficient (Wildman–Crippen LogP) is 2.42. The third-order valence-corrected chi connectivity index (χ3v) is 8.33. The van der Waals surface area contributed by atoms with Gasteiger partial charge < -0.3 is 29.7 Å². The van der Waals surface area contributed by atoms with E-state index in [0.717, 1.165) is 0 Å². The minimum atomic E-state index is -4.36. The summed E-state index contributed by atoms with van der Waals surface area (Å²) in [5.74, 6) is -0.687. The molecule has 1 aromatic carbocycles. The van der Waals surface area contributed by atoms with Gasteiger partial charge in [-0.3, -0.25) is 13.9 Å². The topological polar surface area (TPSA) is 176 Å². The number of halogens is 2. The number of anilines is 2. The minimum Gasteiger partial charge on any atom is -0.465 e. The predicted molar refractivity (Wildman–Crippen MR) is 148 cm³/mol. The second kappa shape index (κ2) is 12.4. The van der Waals surface area contributed by atoms with Gasteiger partial charge in [0.2, 0.25) is 5.95 Å². The van der Waals surface area contributed by atoms with Gasteiger partial charge in [0.15, 0.2) is 29.4 Å². The van der Waals surface area contributed by atoms with E-state index in [1.165, 1.54) is 30.0 Å². The van der Waals surface area contributed by atoms with Crippen molar-refractivity contribution < 1.29 is 37.4 Å². The number of aliphatic hydroxyl groups is 1. The first-order chi connectivity index (χ1) is 19.4. The molecule has 0 unspecified atom stereocenters. The van der Waals surface area contributed by atoms with Gasteiger partial charge in [0.25, 0.3) is 0 Å². The minimum absolute atomic E-state index is 0.0790. The Hall–Kier alpha value is -3.07. The molecule has 17 heteroatoms. The molecule has 0 aliphatic carbocycles. The Morgan fingerprint density at radius 3 is 2.71 bits per heavy atom. The fraction of sp³-hybridized carbons (Fsp3) is 0.500. The molecule has 2 aromatic heterocycles. The fourth-order valence-electron chi connectivity index (χ4n) is 4.18. The molecule has 3 aromatic rings. The number of hydrogen-bond donors (Lipinski definition) is 3. The fourth-order valence-corrected chi connectivity index (χ4v) is 6.02. The van der Waals surface area contributed by atoms with Crippen molar-refractivity contribution in [2.24, 2.45) is 0 Å². The smallest absolute Gasteiger partial charge is 0.459 e. The lowest BCUT2D eigenvalue weighted by Gasteiger charge is -2.31. The maximum atomic E-state index is 15.7. The molecule has 0 bridgehead atoms. The second-order valence-electron chi connectivity index (χ2n) is 9.50. The van der Waals surface area contributed by atoms with Gasteiger partial charge in [-0.25, -0.2) is 13.9 Å². The van der Waals surface area contributed by atoms with Crippen LogP contribution in [0.1, 0.15) is 20.1 Å². The summed E-state index contributed by atoms with van der Waals surface area (Å²) in [6.07, 6.45) is -4.04. The van der Waals surface area contributed by atoms with E-state index in [-0.39, 0.29) is 24.0 Å². The Balaban J connectivity index is 1.62. The van der Waals surface area contributed by atoms with E-state index in [2.05, 4.69) is 20.0 Å². The van der Waals surface area contributed by atoms with Crippen LogP contribution in [-0.2, 0) is 23.4 Å². The molecule has 0 saturated carbocycles. The van der Waals surface area contributed by atoms with Crippen molar-refractivity contribution in [1.82, 2.24) is 24.6 Å². The first-order valence-electron chi connectivity index (χ1n) is 12.6. The van der Waals surface area contributed by atoms with Crippen molar-refractivity contribution in [3.05, 3.63) is 36.7 Å². The zero-order chi connectivity index (χ0) is 29.9. The molecule has 0 spiro atoms. The number of hydrogen-bond acceptors (Lipinski definition) is 12. The van der Waals surface area contributed by atoms with Crippen molar-refractivity contribution >= 4 is 48.2 Å². The Bertz CT molecular complexity index is 1420. The maximum absolute atomic E-state index is 15.7. The molecule has 41 heavy (non-hydrogen) atoms. The van der Waals surface area contributed by atoms with Crippen LogP contribution in [0.2, 0.25) is 0 Å². The Labute approximate surface area is 240 Å². The van der Waals surface area contributed by atoms with Gasteiger partial charge in [-0.2, -0.15) is 15.1 Å². The van der Waals surface area contributed by atoms with Gasteiger partial charge in [0.1, 0.15) is 23.5 Å². The van der Waals surface area contributed by atoms with E-state index in [0.29, 0.717) is 11.3 Å². The lowest BCUT2D eigenvalue weighted by atomic mass is 9.99. The van der Waals surface area contributed by atoms with E-state index in [1.807, 2.05) is 0 Å². The van der Waals surface area contributed by atoms with E-state index in [4.69, 9.17) is 35.9 Å². The maximum Gasteiger partial charge on any atom is 0.459 e. The van der Waals surface area contributed by atoms with Gasteiger partial charge >= 0.3 is 13.7 Å². The summed E-state index contributed by atoms with van der Waals surface area (Å²) in [6.45, 7) is 2.45. The molecule has 0 radical (unpaired) electrons. The molecule has 224 valence electrons. The summed E-state index contributed by atoms with van der Waals surface area (Å²) >= 11 is 6.21. The summed E-state index contributed by atoms with van der Waals surface area (Å²) in [7, 11) is -0.892. The average Bonchev–Trinajstić information content (AvgIpc) is 3.46. The van der Waals surface area contributed by atoms with E-state index < -0.39 is 56.3 Å². The molecular weight excluding hydrogens is 584 g/mol. The number of fused-ring (bicyclic) bond motifs is 1. The van der Waals surface area contributed by atoms with Crippen LogP contribution in [0.5, 0.6) is 5.75 Å². The molecule has 6 atom stereocenters. The molecule has 1 saturated heterocycles. The van der Waals surface area contributed by atoms with E-state index in [9.17, 15) is 14.5 Å². The van der Waals surface area contributed by atoms with Crippen LogP contribution in [0.3, 0.4) is 0 Å². The SMILES string of the molecule is CCOC(=O)[C@H](C)N[P@](=O)(OC[C@@]1(CCl)O[C@@H](n2cnc3c(N(C)C)nc(N)nc32)[C@H](F)[C@@H]1O)Oc1ccccc1. The summed E-state index contributed by atoms with van der Waals surface area (Å²) in [6, 6.07) is 6.95. The molecule has 0 amide bonds. The summed E-state index contributed by atoms with van der Waals surface area (Å²) in [4.78, 5) is 26.5. The van der Waals surface area contributed by atoms with Crippen molar-refractivity contribution in [3.8, 4) is 5.75 Å². The molecule has 1 aliphatic rings. The highest BCUT2D eigenvalue weighted by molar-refractivity contribution is 7.52. The summed E-state index contributed by atoms with van der Waals surface area (Å²) < 4.78 is 53.0. The number of para-hydroxylation sites is 1. The van der Waals surface area contributed by atoms with Crippen LogP contribution in [0.4, 0.5) is 16.2 Å². The van der Waals surface area contributed by atoms with E-state index in [1.54, 1.807) is 44.1 Å². The molecule has 1 aliphatic heterocycles. The highest BCUT2D eigenvalue weighted by atomic mass is 35.5. The second-order valence-corrected chi connectivity index (χ2v) is 11.5. The quantitative estimate of drug-likeness (QED) is 0.154.